The van der Waals surface area contributed by atoms with Gasteiger partial charge in [0.25, 0.3) is 5.91 Å². The highest BCUT2D eigenvalue weighted by Gasteiger charge is 2.57. The lowest BCUT2D eigenvalue weighted by Gasteiger charge is -2.51. The second-order valence-electron chi connectivity index (χ2n) is 7.43. The van der Waals surface area contributed by atoms with Gasteiger partial charge in [0.2, 0.25) is 0 Å². The first-order valence-electron chi connectivity index (χ1n) is 9.59. The first-order valence-corrected chi connectivity index (χ1v) is 10.3. The minimum Gasteiger partial charge on any atom is -0.331 e. The summed E-state index contributed by atoms with van der Waals surface area (Å²) >= 11 is 13.8. The average molecular weight is 447 g/mol. The number of hydrogen-bond acceptors (Lipinski definition) is 3. The highest BCUT2D eigenvalue weighted by Crippen LogP contribution is 2.50. The van der Waals surface area contributed by atoms with E-state index in [1.54, 1.807) is 42.1 Å². The molecular formula is C22H21Cl2FN4O. The molecule has 3 aromatic rings. The normalized spacial score (nSPS) is 23.9. The van der Waals surface area contributed by atoms with Gasteiger partial charge < -0.3 is 10.6 Å². The van der Waals surface area contributed by atoms with Crippen LogP contribution in [-0.4, -0.2) is 33.8 Å². The van der Waals surface area contributed by atoms with Crippen molar-refractivity contribution in [1.29, 1.82) is 0 Å². The van der Waals surface area contributed by atoms with Crippen LogP contribution in [0.5, 0.6) is 0 Å². The molecule has 8 heteroatoms. The number of piperidine rings is 1. The maximum atomic E-state index is 14.3. The molecule has 2 heterocycles. The van der Waals surface area contributed by atoms with E-state index in [1.165, 1.54) is 18.3 Å². The lowest BCUT2D eigenvalue weighted by Crippen LogP contribution is -2.68. The van der Waals surface area contributed by atoms with Crippen LogP contribution in [0.15, 0.2) is 60.8 Å². The molecule has 5 nitrogen and oxygen atoms in total. The summed E-state index contributed by atoms with van der Waals surface area (Å²) < 4.78 is 16.0. The molecule has 156 valence electrons. The summed E-state index contributed by atoms with van der Waals surface area (Å²) in [6.07, 6.45) is 2.02. The zero-order valence-electron chi connectivity index (χ0n) is 16.3. The van der Waals surface area contributed by atoms with Crippen molar-refractivity contribution < 1.29 is 9.18 Å². The maximum Gasteiger partial charge on any atom is 0.252 e. The number of aromatic nitrogens is 2. The van der Waals surface area contributed by atoms with Gasteiger partial charge in [0.15, 0.2) is 0 Å². The minimum absolute atomic E-state index is 0.255. The third-order valence-corrected chi connectivity index (χ3v) is 6.51. The summed E-state index contributed by atoms with van der Waals surface area (Å²) in [5.41, 5.74) is 0.708. The molecule has 0 saturated carbocycles. The van der Waals surface area contributed by atoms with Gasteiger partial charge in [-0.2, -0.15) is 5.10 Å². The quantitative estimate of drug-likeness (QED) is 0.472. The summed E-state index contributed by atoms with van der Waals surface area (Å²) in [5, 5.41) is 11.0. The van der Waals surface area contributed by atoms with Crippen molar-refractivity contribution in [1.82, 2.24) is 20.4 Å². The Kier molecular flexibility index (Phi) is 5.57. The van der Waals surface area contributed by atoms with Gasteiger partial charge in [-0.05, 0) is 42.8 Å². The van der Waals surface area contributed by atoms with E-state index >= 15 is 0 Å². The fourth-order valence-electron chi connectivity index (χ4n) is 4.34. The van der Waals surface area contributed by atoms with Crippen molar-refractivity contribution in [3.63, 3.8) is 0 Å². The number of halogens is 3. The summed E-state index contributed by atoms with van der Waals surface area (Å²) in [6.45, 7) is 0.860. The van der Waals surface area contributed by atoms with Crippen molar-refractivity contribution in [3.05, 3.63) is 88.5 Å². The monoisotopic (exact) mass is 446 g/mol. The third kappa shape index (κ3) is 3.39. The first-order chi connectivity index (χ1) is 14.4. The van der Waals surface area contributed by atoms with Crippen molar-refractivity contribution in [2.24, 2.45) is 7.05 Å². The van der Waals surface area contributed by atoms with Crippen LogP contribution in [0.2, 0.25) is 5.02 Å². The maximum absolute atomic E-state index is 14.3. The van der Waals surface area contributed by atoms with Crippen molar-refractivity contribution >= 4 is 29.1 Å². The Morgan fingerprint density at radius 2 is 2.00 bits per heavy atom. The van der Waals surface area contributed by atoms with Gasteiger partial charge in [-0.15, -0.1) is 0 Å². The molecule has 1 aromatic heterocycles. The van der Waals surface area contributed by atoms with E-state index in [2.05, 4.69) is 15.7 Å². The van der Waals surface area contributed by atoms with Gasteiger partial charge in [-0.1, -0.05) is 53.5 Å². The number of hydrogen-bond donors (Lipinski definition) is 2. The number of alkyl halides is 1. The molecule has 1 saturated heterocycles. The van der Waals surface area contributed by atoms with E-state index < -0.39 is 16.2 Å². The Morgan fingerprint density at radius 3 is 2.67 bits per heavy atom. The van der Waals surface area contributed by atoms with Crippen LogP contribution in [0.3, 0.4) is 0 Å². The molecule has 0 radical (unpaired) electrons. The van der Waals surface area contributed by atoms with Crippen molar-refractivity contribution in [3.8, 4) is 0 Å². The van der Waals surface area contributed by atoms with E-state index in [1.807, 2.05) is 12.1 Å². The van der Waals surface area contributed by atoms with Crippen molar-refractivity contribution in [2.75, 3.05) is 13.1 Å². The molecule has 4 rings (SSSR count). The number of nitrogens with zero attached hydrogens (tertiary/aromatic N) is 2. The summed E-state index contributed by atoms with van der Waals surface area (Å²) in [5.74, 6) is -0.717. The lowest BCUT2D eigenvalue weighted by atomic mass is 9.66. The highest BCUT2D eigenvalue weighted by atomic mass is 35.5. The van der Waals surface area contributed by atoms with Crippen LogP contribution in [0, 0.1) is 5.82 Å². The third-order valence-electron chi connectivity index (χ3n) is 5.69. The number of benzene rings is 2. The molecular weight excluding hydrogens is 426 g/mol. The number of amides is 1. The summed E-state index contributed by atoms with van der Waals surface area (Å²) in [6, 6.07) is 15.1. The molecule has 1 amide bonds. The second kappa shape index (κ2) is 8.02. The number of nitrogens with one attached hydrogen (secondary N) is 2. The molecule has 1 aliphatic rings. The van der Waals surface area contributed by atoms with Crippen LogP contribution in [0.4, 0.5) is 4.39 Å². The molecule has 1 aliphatic heterocycles. The molecule has 1 fully saturated rings. The Morgan fingerprint density at radius 1 is 1.23 bits per heavy atom. The van der Waals surface area contributed by atoms with Crippen molar-refractivity contribution in [2.45, 2.75) is 16.8 Å². The van der Waals surface area contributed by atoms with Crippen LogP contribution in [-0.2, 0) is 12.5 Å². The van der Waals surface area contributed by atoms with Gasteiger partial charge >= 0.3 is 0 Å². The van der Waals surface area contributed by atoms with Gasteiger partial charge in [-0.3, -0.25) is 9.48 Å². The highest BCUT2D eigenvalue weighted by molar-refractivity contribution is 6.32. The van der Waals surface area contributed by atoms with Gasteiger partial charge in [0, 0.05) is 19.2 Å². The topological polar surface area (TPSA) is 59.0 Å². The molecule has 0 spiro atoms. The predicted octanol–water partition coefficient (Wildman–Crippen LogP) is 3.86. The number of carbonyl (C=O) groups excluding carboxylic acids is 1. The molecule has 2 aromatic carbocycles. The molecule has 2 N–H and O–H groups in total. The zero-order chi connectivity index (χ0) is 21.4. The Labute approximate surface area is 184 Å². The summed E-state index contributed by atoms with van der Waals surface area (Å²) in [4.78, 5) is 11.8. The number of carbonyl (C=O) groups is 1. The Balaban J connectivity index is 1.91. The van der Waals surface area contributed by atoms with Gasteiger partial charge in [0.1, 0.15) is 10.8 Å². The van der Waals surface area contributed by atoms with E-state index in [9.17, 15) is 9.18 Å². The van der Waals surface area contributed by atoms with Crippen LogP contribution in [0.1, 0.15) is 28.0 Å². The Hall–Kier alpha value is -2.41. The van der Waals surface area contributed by atoms with Gasteiger partial charge in [0.05, 0.1) is 22.3 Å². The SMILES string of the molecule is Cn1ncc(Cl)c1[C@@]1(c2cccc(F)c2)CCNC[C@]1(Cl)NC(=O)c1ccccc1. The number of aryl methyl sites for hydroxylation is 1. The fourth-order valence-corrected chi connectivity index (χ4v) is 5.14. The average Bonchev–Trinajstić information content (AvgIpc) is 3.07. The molecule has 0 bridgehead atoms. The zero-order valence-corrected chi connectivity index (χ0v) is 17.8. The molecule has 30 heavy (non-hydrogen) atoms. The standard InChI is InChI=1S/C22H21Cl2FN4O/c1-29-19(18(23)13-27-29)21(16-8-5-9-17(25)12-16)10-11-26-14-22(21,24)28-20(30)15-6-3-2-4-7-15/h2-9,12-13,26H,10-11,14H2,1H3,(H,28,30)/t21-,22-/m0/s1. The van der Waals surface area contributed by atoms with Crippen LogP contribution in [0.25, 0.3) is 0 Å². The second-order valence-corrected chi connectivity index (χ2v) is 8.48. The van der Waals surface area contributed by atoms with E-state index in [-0.39, 0.29) is 12.5 Å². The lowest BCUT2D eigenvalue weighted by molar-refractivity contribution is 0.0881. The van der Waals surface area contributed by atoms with E-state index in [0.717, 1.165) is 0 Å². The van der Waals surface area contributed by atoms with Crippen LogP contribution < -0.4 is 10.6 Å². The number of rotatable bonds is 4. The van der Waals surface area contributed by atoms with E-state index in [4.69, 9.17) is 23.2 Å². The molecule has 0 unspecified atom stereocenters. The fraction of sp³-hybridized carbons (Fsp3) is 0.273. The van der Waals surface area contributed by atoms with E-state index in [0.29, 0.717) is 34.8 Å². The largest absolute Gasteiger partial charge is 0.331 e. The van der Waals surface area contributed by atoms with Crippen LogP contribution >= 0.6 is 23.2 Å². The molecule has 0 aliphatic carbocycles. The first kappa shape index (κ1) is 20.8. The molecule has 2 atom stereocenters. The smallest absolute Gasteiger partial charge is 0.252 e. The Bertz CT molecular complexity index is 1050. The van der Waals surface area contributed by atoms with Gasteiger partial charge in [-0.25, -0.2) is 4.39 Å². The summed E-state index contributed by atoms with van der Waals surface area (Å²) in [7, 11) is 1.76. The predicted molar refractivity (Wildman–Crippen MR) is 115 cm³/mol. The minimum atomic E-state index is -1.33.